The van der Waals surface area contributed by atoms with Crippen molar-refractivity contribution in [3.8, 4) is 0 Å². The topological polar surface area (TPSA) is 137 Å². The van der Waals surface area contributed by atoms with E-state index in [1.165, 1.54) is 11.3 Å². The normalized spacial score (nSPS) is 36.0. The molecule has 1 fully saturated rings. The third-order valence-electron chi connectivity index (χ3n) is 6.55. The largest absolute Gasteiger partial charge is 0.481 e. The SMILES string of the molecule is C[C@]1(CO)[C@H]2Cc3sc(NS(C)(=O)=O)nc3[C@@H](CC(=O)O)[C@]2(C)CC[C@H]1O. The van der Waals surface area contributed by atoms with Gasteiger partial charge in [-0.2, -0.15) is 0 Å². The van der Waals surface area contributed by atoms with Crippen LogP contribution >= 0.6 is 11.3 Å². The van der Waals surface area contributed by atoms with Gasteiger partial charge in [-0.25, -0.2) is 13.4 Å². The number of rotatable bonds is 5. The maximum Gasteiger partial charge on any atom is 0.304 e. The van der Waals surface area contributed by atoms with E-state index in [9.17, 15) is 28.5 Å². The summed E-state index contributed by atoms with van der Waals surface area (Å²) in [6, 6.07) is 0. The van der Waals surface area contributed by atoms with Gasteiger partial charge in [0.25, 0.3) is 0 Å². The van der Waals surface area contributed by atoms with Crippen molar-refractivity contribution in [2.75, 3.05) is 17.6 Å². The molecular formula is C17H26N2O6S2. The van der Waals surface area contributed by atoms with Crippen LogP contribution in [0.3, 0.4) is 0 Å². The van der Waals surface area contributed by atoms with Gasteiger partial charge in [0.1, 0.15) is 0 Å². The molecule has 0 aromatic carbocycles. The summed E-state index contributed by atoms with van der Waals surface area (Å²) < 4.78 is 25.5. The Morgan fingerprint density at radius 1 is 1.41 bits per heavy atom. The number of fused-ring (bicyclic) bond motifs is 2. The van der Waals surface area contributed by atoms with Gasteiger partial charge in [-0.15, -0.1) is 11.3 Å². The smallest absolute Gasteiger partial charge is 0.304 e. The van der Waals surface area contributed by atoms with Crippen molar-refractivity contribution < 1.29 is 28.5 Å². The predicted octanol–water partition coefficient (Wildman–Crippen LogP) is 1.40. The summed E-state index contributed by atoms with van der Waals surface area (Å²) in [5.41, 5.74) is -0.585. The molecule has 1 heterocycles. The van der Waals surface area contributed by atoms with E-state index in [2.05, 4.69) is 9.71 Å². The Morgan fingerprint density at radius 3 is 2.63 bits per heavy atom. The van der Waals surface area contributed by atoms with Crippen LogP contribution in [0.5, 0.6) is 0 Å². The second-order valence-electron chi connectivity index (χ2n) is 8.33. The van der Waals surface area contributed by atoms with Crippen LogP contribution in [0.25, 0.3) is 0 Å². The fourth-order valence-electron chi connectivity index (χ4n) is 5.02. The standard InChI is InChI=1S/C17H26N2O6S2/c1-16-5-4-12(21)17(2,8-20)11(16)7-10-14(9(16)6-13(22)23)18-15(26-10)19-27(3,24)25/h9,11-12,20-21H,4-8H2,1-3H3,(H,18,19)(H,22,23)/t9-,11+,12-,16+,17+/m1/s1. The highest BCUT2D eigenvalue weighted by molar-refractivity contribution is 7.92. The lowest BCUT2D eigenvalue weighted by Crippen LogP contribution is -2.57. The molecule has 152 valence electrons. The number of carboxylic acids is 1. The summed E-state index contributed by atoms with van der Waals surface area (Å²) in [4.78, 5) is 16.9. The molecule has 8 nitrogen and oxygen atoms in total. The molecule has 10 heteroatoms. The van der Waals surface area contributed by atoms with E-state index in [0.29, 0.717) is 25.0 Å². The quantitative estimate of drug-likeness (QED) is 0.567. The molecule has 3 rings (SSSR count). The maximum absolute atomic E-state index is 11.6. The first-order chi connectivity index (χ1) is 12.4. The molecule has 0 amide bonds. The first-order valence-corrected chi connectivity index (χ1v) is 11.6. The molecular weight excluding hydrogens is 392 g/mol. The predicted molar refractivity (Wildman–Crippen MR) is 101 cm³/mol. The van der Waals surface area contributed by atoms with Crippen LogP contribution in [0.2, 0.25) is 0 Å². The Bertz CT molecular complexity index is 854. The number of thiazole rings is 1. The highest BCUT2D eigenvalue weighted by Crippen LogP contribution is 2.62. The molecule has 5 atom stereocenters. The number of sulfonamides is 1. The number of hydrogen-bond donors (Lipinski definition) is 4. The minimum Gasteiger partial charge on any atom is -0.481 e. The van der Waals surface area contributed by atoms with Crippen molar-refractivity contribution in [3.63, 3.8) is 0 Å². The third kappa shape index (κ3) is 3.48. The number of aliphatic hydroxyl groups is 2. The molecule has 1 aromatic heterocycles. The van der Waals surface area contributed by atoms with Crippen LogP contribution in [0, 0.1) is 16.7 Å². The number of nitrogens with zero attached hydrogens (tertiary/aromatic N) is 1. The second kappa shape index (κ2) is 6.68. The summed E-state index contributed by atoms with van der Waals surface area (Å²) in [7, 11) is -3.49. The summed E-state index contributed by atoms with van der Waals surface area (Å²) >= 11 is 1.20. The van der Waals surface area contributed by atoms with E-state index in [-0.39, 0.29) is 24.1 Å². The number of aliphatic hydroxyl groups excluding tert-OH is 2. The third-order valence-corrected chi connectivity index (χ3v) is 8.25. The van der Waals surface area contributed by atoms with Gasteiger partial charge in [-0.3, -0.25) is 9.52 Å². The second-order valence-corrected chi connectivity index (χ2v) is 11.2. The zero-order valence-electron chi connectivity index (χ0n) is 15.6. The van der Waals surface area contributed by atoms with E-state index in [1.807, 2.05) is 13.8 Å². The summed E-state index contributed by atoms with van der Waals surface area (Å²) in [5.74, 6) is -1.49. The summed E-state index contributed by atoms with van der Waals surface area (Å²) in [6.45, 7) is 3.66. The summed E-state index contributed by atoms with van der Waals surface area (Å²) in [5, 5.41) is 30.4. The van der Waals surface area contributed by atoms with Crippen molar-refractivity contribution in [3.05, 3.63) is 10.6 Å². The zero-order valence-corrected chi connectivity index (χ0v) is 17.2. The monoisotopic (exact) mass is 418 g/mol. The van der Waals surface area contributed by atoms with Gasteiger partial charge >= 0.3 is 5.97 Å². The first kappa shape index (κ1) is 20.5. The van der Waals surface area contributed by atoms with E-state index in [0.717, 1.165) is 11.1 Å². The molecule has 2 aliphatic carbocycles. The van der Waals surface area contributed by atoms with Crippen molar-refractivity contribution in [1.29, 1.82) is 0 Å². The van der Waals surface area contributed by atoms with Crippen LogP contribution in [0.15, 0.2) is 0 Å². The zero-order chi connectivity index (χ0) is 20.2. The molecule has 1 aromatic rings. The molecule has 0 aliphatic heterocycles. The van der Waals surface area contributed by atoms with E-state index >= 15 is 0 Å². The van der Waals surface area contributed by atoms with E-state index < -0.39 is 38.8 Å². The number of carboxylic acid groups (broad SMARTS) is 1. The van der Waals surface area contributed by atoms with Crippen LogP contribution in [0.4, 0.5) is 5.13 Å². The molecule has 1 saturated carbocycles. The van der Waals surface area contributed by atoms with Gasteiger partial charge in [-0.1, -0.05) is 13.8 Å². The van der Waals surface area contributed by atoms with E-state index in [1.54, 1.807) is 0 Å². The molecule has 0 spiro atoms. The lowest BCUT2D eigenvalue weighted by Gasteiger charge is -2.58. The number of hydrogen-bond acceptors (Lipinski definition) is 7. The van der Waals surface area contributed by atoms with Gasteiger partial charge in [0.05, 0.1) is 31.1 Å². The van der Waals surface area contributed by atoms with Gasteiger partial charge in [-0.05, 0) is 30.6 Å². The minimum atomic E-state index is -3.49. The Hall–Kier alpha value is -1.23. The van der Waals surface area contributed by atoms with Crippen molar-refractivity contribution in [1.82, 2.24) is 4.98 Å². The molecule has 4 N–H and O–H groups in total. The van der Waals surface area contributed by atoms with Crippen molar-refractivity contribution >= 4 is 32.5 Å². The number of nitrogens with one attached hydrogen (secondary N) is 1. The van der Waals surface area contributed by atoms with Gasteiger partial charge in [0.2, 0.25) is 10.0 Å². The highest BCUT2D eigenvalue weighted by Gasteiger charge is 2.59. The average molecular weight is 419 g/mol. The lowest BCUT2D eigenvalue weighted by atomic mass is 9.47. The minimum absolute atomic E-state index is 0.125. The van der Waals surface area contributed by atoms with Crippen molar-refractivity contribution in [2.24, 2.45) is 16.7 Å². The average Bonchev–Trinajstić information content (AvgIpc) is 2.93. The van der Waals surface area contributed by atoms with Gasteiger partial charge < -0.3 is 15.3 Å². The van der Waals surface area contributed by atoms with Crippen LogP contribution in [-0.4, -0.2) is 53.7 Å². The van der Waals surface area contributed by atoms with Crippen LogP contribution in [0.1, 0.15) is 49.6 Å². The maximum atomic E-state index is 11.6. The Balaban J connectivity index is 2.12. The summed E-state index contributed by atoms with van der Waals surface area (Å²) in [6.07, 6.45) is 1.88. The Labute approximate surface area is 162 Å². The Morgan fingerprint density at radius 2 is 2.07 bits per heavy atom. The molecule has 27 heavy (non-hydrogen) atoms. The highest BCUT2D eigenvalue weighted by atomic mass is 32.2. The number of aromatic nitrogens is 1. The fraction of sp³-hybridized carbons (Fsp3) is 0.765. The molecule has 0 radical (unpaired) electrons. The van der Waals surface area contributed by atoms with Gasteiger partial charge in [0, 0.05) is 16.2 Å². The molecule has 0 bridgehead atoms. The number of anilines is 1. The number of aliphatic carboxylic acids is 1. The first-order valence-electron chi connectivity index (χ1n) is 8.89. The van der Waals surface area contributed by atoms with Gasteiger partial charge in [0.15, 0.2) is 5.13 Å². The lowest BCUT2D eigenvalue weighted by molar-refractivity contribution is -0.150. The van der Waals surface area contributed by atoms with Crippen LogP contribution in [-0.2, 0) is 21.2 Å². The molecule has 0 unspecified atom stereocenters. The molecule has 0 saturated heterocycles. The van der Waals surface area contributed by atoms with E-state index in [4.69, 9.17) is 0 Å². The number of carbonyl (C=O) groups is 1. The molecule has 2 aliphatic rings. The Kier molecular flexibility index (Phi) is 5.07. The van der Waals surface area contributed by atoms with Crippen molar-refractivity contribution in [2.45, 2.75) is 51.6 Å². The van der Waals surface area contributed by atoms with Crippen LogP contribution < -0.4 is 4.72 Å². The fourth-order valence-corrected chi connectivity index (χ4v) is 6.93.